The topological polar surface area (TPSA) is 70.1 Å². The van der Waals surface area contributed by atoms with Gasteiger partial charge in [0.1, 0.15) is 0 Å². The third-order valence-corrected chi connectivity index (χ3v) is 5.92. The first-order valence-corrected chi connectivity index (χ1v) is 10.8. The summed E-state index contributed by atoms with van der Waals surface area (Å²) < 4.78 is 0. The number of nitrogens with one attached hydrogen (secondary N) is 2. The van der Waals surface area contributed by atoms with Gasteiger partial charge in [-0.05, 0) is 42.0 Å². The lowest BCUT2D eigenvalue weighted by Gasteiger charge is -2.03. The molecule has 8 heteroatoms. The second kappa shape index (κ2) is 9.34. The number of imidazole rings is 1. The lowest BCUT2D eigenvalue weighted by atomic mass is 10.1. The fourth-order valence-electron chi connectivity index (χ4n) is 2.76. The van der Waals surface area contributed by atoms with Crippen molar-refractivity contribution in [2.24, 2.45) is 5.10 Å². The third-order valence-electron chi connectivity index (χ3n) is 4.32. The highest BCUT2D eigenvalue weighted by Crippen LogP contribution is 2.23. The van der Waals surface area contributed by atoms with Crippen molar-refractivity contribution < 1.29 is 4.79 Å². The maximum absolute atomic E-state index is 12.3. The molecule has 3 aromatic carbocycles. The minimum absolute atomic E-state index is 0.314. The quantitative estimate of drug-likeness (QED) is 0.215. The first-order valence-electron chi connectivity index (χ1n) is 9.04. The maximum Gasteiger partial charge on any atom is 0.271 e. The summed E-state index contributed by atoms with van der Waals surface area (Å²) in [6.45, 7) is 0. The van der Waals surface area contributed by atoms with E-state index in [-0.39, 0.29) is 5.91 Å². The standard InChI is InChI=1S/C22H16Cl2N4OS/c23-17-4-3-5-18(24)16(17)12-25-28-21(29)15-10-8-14(9-11-15)13-30-22-26-19-6-1-2-7-20(19)27-22/h1-12H,13H2,(H,26,27)(H,28,29)/b25-12-. The van der Waals surface area contributed by atoms with Gasteiger partial charge in [-0.25, -0.2) is 10.4 Å². The van der Waals surface area contributed by atoms with E-state index in [0.29, 0.717) is 21.2 Å². The van der Waals surface area contributed by atoms with Crippen LogP contribution in [0.4, 0.5) is 0 Å². The predicted molar refractivity (Wildman–Crippen MR) is 124 cm³/mol. The van der Waals surface area contributed by atoms with Crippen molar-refractivity contribution in [3.05, 3.63) is 93.5 Å². The SMILES string of the molecule is O=C(N/N=C\c1c(Cl)cccc1Cl)c1ccc(CSc2nc3ccccc3[nH]2)cc1. The van der Waals surface area contributed by atoms with Crippen molar-refractivity contribution in [3.63, 3.8) is 0 Å². The van der Waals surface area contributed by atoms with E-state index in [2.05, 4.69) is 20.5 Å². The molecule has 1 aromatic heterocycles. The monoisotopic (exact) mass is 454 g/mol. The van der Waals surface area contributed by atoms with E-state index in [1.165, 1.54) is 6.21 Å². The maximum atomic E-state index is 12.3. The van der Waals surface area contributed by atoms with Gasteiger partial charge in [-0.2, -0.15) is 5.10 Å². The van der Waals surface area contributed by atoms with Gasteiger partial charge in [0.15, 0.2) is 5.16 Å². The number of benzene rings is 3. The van der Waals surface area contributed by atoms with Crippen LogP contribution in [-0.2, 0) is 5.75 Å². The first-order chi connectivity index (χ1) is 14.6. The Bertz CT molecular complexity index is 1170. The fraction of sp³-hybridized carbons (Fsp3) is 0.0455. The summed E-state index contributed by atoms with van der Waals surface area (Å²) in [7, 11) is 0. The molecule has 0 spiro atoms. The van der Waals surface area contributed by atoms with Gasteiger partial charge in [0.25, 0.3) is 5.91 Å². The van der Waals surface area contributed by atoms with Gasteiger partial charge >= 0.3 is 0 Å². The molecule has 2 N–H and O–H groups in total. The third kappa shape index (κ3) is 4.84. The van der Waals surface area contributed by atoms with Crippen molar-refractivity contribution in [1.82, 2.24) is 15.4 Å². The number of nitrogens with zero attached hydrogens (tertiary/aromatic N) is 2. The summed E-state index contributed by atoms with van der Waals surface area (Å²) in [4.78, 5) is 20.1. The second-order valence-electron chi connectivity index (χ2n) is 6.38. The highest BCUT2D eigenvalue weighted by atomic mass is 35.5. The summed E-state index contributed by atoms with van der Waals surface area (Å²) in [5.74, 6) is 0.427. The number of amides is 1. The Labute approximate surface area is 187 Å². The Hall–Kier alpha value is -2.80. The van der Waals surface area contributed by atoms with Crippen molar-refractivity contribution in [2.75, 3.05) is 0 Å². The molecule has 4 rings (SSSR count). The fourth-order valence-corrected chi connectivity index (χ4v) is 4.09. The number of para-hydroxylation sites is 2. The van der Waals surface area contributed by atoms with E-state index in [4.69, 9.17) is 23.2 Å². The number of halogens is 2. The second-order valence-corrected chi connectivity index (χ2v) is 8.16. The highest BCUT2D eigenvalue weighted by molar-refractivity contribution is 7.98. The molecule has 1 amide bonds. The lowest BCUT2D eigenvalue weighted by molar-refractivity contribution is 0.0955. The Kier molecular flexibility index (Phi) is 6.38. The largest absolute Gasteiger partial charge is 0.333 e. The molecule has 30 heavy (non-hydrogen) atoms. The zero-order valence-corrected chi connectivity index (χ0v) is 17.9. The lowest BCUT2D eigenvalue weighted by Crippen LogP contribution is -2.17. The number of H-pyrrole nitrogens is 1. The zero-order valence-electron chi connectivity index (χ0n) is 15.6. The van der Waals surface area contributed by atoms with E-state index >= 15 is 0 Å². The van der Waals surface area contributed by atoms with Crippen molar-refractivity contribution in [3.8, 4) is 0 Å². The summed E-state index contributed by atoms with van der Waals surface area (Å²) in [6, 6.07) is 20.4. The summed E-state index contributed by atoms with van der Waals surface area (Å²) in [6.07, 6.45) is 1.43. The van der Waals surface area contributed by atoms with Crippen LogP contribution >= 0.6 is 35.0 Å². The number of hydrogen-bond acceptors (Lipinski definition) is 4. The van der Waals surface area contributed by atoms with Crippen LogP contribution in [0.15, 0.2) is 77.0 Å². The molecule has 0 saturated heterocycles. The van der Waals surface area contributed by atoms with E-state index in [1.807, 2.05) is 36.4 Å². The number of aromatic amines is 1. The van der Waals surface area contributed by atoms with Gasteiger partial charge in [-0.3, -0.25) is 4.79 Å². The summed E-state index contributed by atoms with van der Waals surface area (Å²) >= 11 is 13.8. The van der Waals surface area contributed by atoms with Gasteiger partial charge < -0.3 is 4.98 Å². The number of aromatic nitrogens is 2. The average Bonchev–Trinajstić information content (AvgIpc) is 3.18. The number of hydrazone groups is 1. The van der Waals surface area contributed by atoms with Gasteiger partial charge in [0.05, 0.1) is 27.3 Å². The molecule has 0 aliphatic rings. The molecule has 0 atom stereocenters. The molecule has 0 radical (unpaired) electrons. The average molecular weight is 455 g/mol. The molecule has 0 saturated carbocycles. The van der Waals surface area contributed by atoms with Gasteiger partial charge in [-0.1, -0.05) is 65.3 Å². The molecule has 4 aromatic rings. The minimum atomic E-state index is -0.314. The van der Waals surface area contributed by atoms with Crippen LogP contribution in [0.1, 0.15) is 21.5 Å². The minimum Gasteiger partial charge on any atom is -0.333 e. The van der Waals surface area contributed by atoms with Crippen molar-refractivity contribution in [1.29, 1.82) is 0 Å². The zero-order chi connectivity index (χ0) is 20.9. The summed E-state index contributed by atoms with van der Waals surface area (Å²) in [5, 5.41) is 5.74. The number of thioether (sulfide) groups is 1. The van der Waals surface area contributed by atoms with Gasteiger partial charge in [0.2, 0.25) is 0 Å². The predicted octanol–water partition coefficient (Wildman–Crippen LogP) is 5.93. The molecule has 0 bridgehead atoms. The molecule has 0 fully saturated rings. The molecule has 0 aliphatic heterocycles. The molecule has 0 unspecified atom stereocenters. The number of carbonyl (C=O) groups excluding carboxylic acids is 1. The van der Waals surface area contributed by atoms with Crippen LogP contribution < -0.4 is 5.43 Å². The molecule has 0 aliphatic carbocycles. The van der Waals surface area contributed by atoms with Crippen LogP contribution in [0, 0.1) is 0 Å². The highest BCUT2D eigenvalue weighted by Gasteiger charge is 2.07. The number of hydrogen-bond donors (Lipinski definition) is 2. The van der Waals surface area contributed by atoms with Gasteiger partial charge in [0, 0.05) is 16.9 Å². The van der Waals surface area contributed by atoms with Crippen LogP contribution in [0.25, 0.3) is 11.0 Å². The Balaban J connectivity index is 1.34. The number of fused-ring (bicyclic) bond motifs is 1. The van der Waals surface area contributed by atoms with Crippen molar-refractivity contribution in [2.45, 2.75) is 10.9 Å². The molecule has 1 heterocycles. The number of carbonyl (C=O) groups is 1. The Morgan fingerprint density at radius 3 is 2.50 bits per heavy atom. The number of rotatable bonds is 6. The smallest absolute Gasteiger partial charge is 0.271 e. The van der Waals surface area contributed by atoms with Crippen LogP contribution in [0.5, 0.6) is 0 Å². The van der Waals surface area contributed by atoms with Crippen LogP contribution in [-0.4, -0.2) is 22.1 Å². The van der Waals surface area contributed by atoms with E-state index in [1.54, 1.807) is 42.1 Å². The molecule has 150 valence electrons. The van der Waals surface area contributed by atoms with E-state index < -0.39 is 0 Å². The van der Waals surface area contributed by atoms with Crippen molar-refractivity contribution >= 4 is 58.1 Å². The van der Waals surface area contributed by atoms with Crippen LogP contribution in [0.3, 0.4) is 0 Å². The van der Waals surface area contributed by atoms with E-state index in [9.17, 15) is 4.79 Å². The normalized spacial score (nSPS) is 11.3. The Morgan fingerprint density at radius 2 is 1.77 bits per heavy atom. The molecule has 5 nitrogen and oxygen atoms in total. The summed E-state index contributed by atoms with van der Waals surface area (Å²) in [5.41, 5.74) is 6.61. The van der Waals surface area contributed by atoms with Crippen LogP contribution in [0.2, 0.25) is 10.0 Å². The van der Waals surface area contributed by atoms with E-state index in [0.717, 1.165) is 27.5 Å². The molecular formula is C22H16Cl2N4OS. The van der Waals surface area contributed by atoms with Gasteiger partial charge in [-0.15, -0.1) is 0 Å². The Morgan fingerprint density at radius 1 is 1.03 bits per heavy atom. The first kappa shape index (κ1) is 20.5. The molecular weight excluding hydrogens is 439 g/mol.